The second-order valence-corrected chi connectivity index (χ2v) is 6.63. The summed E-state index contributed by atoms with van der Waals surface area (Å²) >= 11 is 5.98. The number of hydrogen-bond acceptors (Lipinski definition) is 4. The normalized spacial score (nSPS) is 13.3. The van der Waals surface area contributed by atoms with Crippen LogP contribution in [0.5, 0.6) is 0 Å². The maximum Gasteiger partial charge on any atom is 0.356 e. The Bertz CT molecular complexity index is 738. The van der Waals surface area contributed by atoms with Gasteiger partial charge in [-0.05, 0) is 44.6 Å². The SMILES string of the molecule is CCN(CC)CC.O=C(O)c1cnc(C2CC2)c(-c2cccc(Cl)c2)n1. The van der Waals surface area contributed by atoms with Crippen molar-refractivity contribution in [2.24, 2.45) is 0 Å². The third-order valence-corrected chi connectivity index (χ3v) is 4.66. The lowest BCUT2D eigenvalue weighted by Gasteiger charge is -2.13. The molecule has 26 heavy (non-hydrogen) atoms. The number of benzene rings is 1. The van der Waals surface area contributed by atoms with E-state index in [2.05, 4.69) is 35.6 Å². The lowest BCUT2D eigenvalue weighted by atomic mass is 10.1. The van der Waals surface area contributed by atoms with Crippen molar-refractivity contribution in [2.45, 2.75) is 39.5 Å². The highest BCUT2D eigenvalue weighted by molar-refractivity contribution is 6.30. The summed E-state index contributed by atoms with van der Waals surface area (Å²) in [4.78, 5) is 21.9. The second kappa shape index (κ2) is 9.64. The molecular formula is C20H26ClN3O2. The second-order valence-electron chi connectivity index (χ2n) is 6.20. The summed E-state index contributed by atoms with van der Waals surface area (Å²) in [5, 5.41) is 9.63. The van der Waals surface area contributed by atoms with Crippen LogP contribution in [0.25, 0.3) is 11.3 Å². The molecular weight excluding hydrogens is 350 g/mol. The van der Waals surface area contributed by atoms with E-state index in [9.17, 15) is 4.79 Å². The van der Waals surface area contributed by atoms with E-state index in [0.717, 1.165) is 24.1 Å². The first kappa shape index (κ1) is 20.3. The van der Waals surface area contributed by atoms with Crippen molar-refractivity contribution in [1.29, 1.82) is 0 Å². The van der Waals surface area contributed by atoms with E-state index >= 15 is 0 Å². The summed E-state index contributed by atoms with van der Waals surface area (Å²) in [5.41, 5.74) is 2.27. The predicted molar refractivity (Wildman–Crippen MR) is 105 cm³/mol. The zero-order valence-corrected chi connectivity index (χ0v) is 16.3. The number of halogens is 1. The van der Waals surface area contributed by atoms with Crippen LogP contribution in [-0.2, 0) is 0 Å². The number of hydrogen-bond donors (Lipinski definition) is 1. The van der Waals surface area contributed by atoms with Gasteiger partial charge in [0, 0.05) is 16.5 Å². The van der Waals surface area contributed by atoms with Crippen molar-refractivity contribution in [1.82, 2.24) is 14.9 Å². The maximum atomic E-state index is 11.0. The molecule has 1 aliphatic rings. The van der Waals surface area contributed by atoms with Crippen LogP contribution in [-0.4, -0.2) is 45.6 Å². The minimum absolute atomic E-state index is 0.0422. The molecule has 0 atom stereocenters. The Kier molecular flexibility index (Phi) is 7.54. The number of carbonyl (C=O) groups is 1. The van der Waals surface area contributed by atoms with Gasteiger partial charge in [0.15, 0.2) is 5.69 Å². The summed E-state index contributed by atoms with van der Waals surface area (Å²) in [5.74, 6) is -0.678. The fourth-order valence-electron chi connectivity index (χ4n) is 2.68. The third kappa shape index (κ3) is 5.51. The smallest absolute Gasteiger partial charge is 0.356 e. The Hall–Kier alpha value is -1.98. The number of nitrogens with zero attached hydrogens (tertiary/aromatic N) is 3. The predicted octanol–water partition coefficient (Wildman–Crippen LogP) is 4.72. The van der Waals surface area contributed by atoms with Crippen LogP contribution in [0.15, 0.2) is 30.5 Å². The molecule has 1 heterocycles. The number of carboxylic acid groups (broad SMARTS) is 1. The number of carboxylic acids is 1. The highest BCUT2D eigenvalue weighted by Crippen LogP contribution is 2.42. The first-order valence-corrected chi connectivity index (χ1v) is 9.46. The fraction of sp³-hybridized carbons (Fsp3) is 0.450. The summed E-state index contributed by atoms with van der Waals surface area (Å²) in [6.45, 7) is 10.1. The van der Waals surface area contributed by atoms with Crippen LogP contribution in [0.3, 0.4) is 0 Å². The molecule has 1 N–H and O–H groups in total. The number of aromatic nitrogens is 2. The largest absolute Gasteiger partial charge is 0.476 e. The quantitative estimate of drug-likeness (QED) is 0.791. The van der Waals surface area contributed by atoms with Gasteiger partial charge in [0.1, 0.15) is 0 Å². The molecule has 0 saturated heterocycles. The first-order chi connectivity index (χ1) is 12.5. The Morgan fingerprint density at radius 3 is 2.35 bits per heavy atom. The molecule has 1 aromatic carbocycles. The molecule has 1 saturated carbocycles. The summed E-state index contributed by atoms with van der Waals surface area (Å²) in [6, 6.07) is 7.25. The van der Waals surface area contributed by atoms with Crippen LogP contribution in [0.1, 0.15) is 55.7 Å². The average Bonchev–Trinajstić information content (AvgIpc) is 3.48. The highest BCUT2D eigenvalue weighted by Gasteiger charge is 2.29. The van der Waals surface area contributed by atoms with E-state index in [4.69, 9.17) is 16.7 Å². The zero-order chi connectivity index (χ0) is 19.1. The summed E-state index contributed by atoms with van der Waals surface area (Å²) in [7, 11) is 0. The Labute approximate surface area is 160 Å². The standard InChI is InChI=1S/C14H11ClN2O2.C6H15N/c15-10-3-1-2-9(6-10)13-12(8-4-5-8)16-7-11(17-13)14(18)19;1-4-7(5-2)6-3/h1-3,6-8H,4-5H2,(H,18,19);4-6H2,1-3H3. The van der Waals surface area contributed by atoms with Crippen molar-refractivity contribution in [3.8, 4) is 11.3 Å². The minimum atomic E-state index is -1.07. The average molecular weight is 376 g/mol. The molecule has 0 spiro atoms. The van der Waals surface area contributed by atoms with Gasteiger partial charge in [-0.1, -0.05) is 44.5 Å². The van der Waals surface area contributed by atoms with Crippen LogP contribution in [0.4, 0.5) is 0 Å². The monoisotopic (exact) mass is 375 g/mol. The number of rotatable bonds is 6. The Morgan fingerprint density at radius 2 is 1.88 bits per heavy atom. The van der Waals surface area contributed by atoms with Gasteiger partial charge in [-0.3, -0.25) is 4.98 Å². The fourth-order valence-corrected chi connectivity index (χ4v) is 2.87. The topological polar surface area (TPSA) is 66.3 Å². The van der Waals surface area contributed by atoms with Crippen molar-refractivity contribution < 1.29 is 9.90 Å². The van der Waals surface area contributed by atoms with E-state index < -0.39 is 5.97 Å². The van der Waals surface area contributed by atoms with Crippen LogP contribution in [0, 0.1) is 0 Å². The van der Waals surface area contributed by atoms with Crippen LogP contribution in [0.2, 0.25) is 5.02 Å². The molecule has 5 nitrogen and oxygen atoms in total. The van der Waals surface area contributed by atoms with Gasteiger partial charge in [0.2, 0.25) is 0 Å². The molecule has 0 aliphatic heterocycles. The summed E-state index contributed by atoms with van der Waals surface area (Å²) in [6.07, 6.45) is 3.48. The molecule has 0 bridgehead atoms. The number of aromatic carboxylic acids is 1. The van der Waals surface area contributed by atoms with E-state index in [-0.39, 0.29) is 5.69 Å². The maximum absolute atomic E-state index is 11.0. The molecule has 6 heteroatoms. The lowest BCUT2D eigenvalue weighted by Crippen LogP contribution is -2.21. The zero-order valence-electron chi connectivity index (χ0n) is 15.6. The van der Waals surface area contributed by atoms with Crippen LogP contribution < -0.4 is 0 Å². The van der Waals surface area contributed by atoms with Gasteiger partial charge >= 0.3 is 5.97 Å². The molecule has 3 rings (SSSR count). The van der Waals surface area contributed by atoms with Gasteiger partial charge in [0.05, 0.1) is 17.6 Å². The molecule has 1 aliphatic carbocycles. The van der Waals surface area contributed by atoms with Crippen molar-refractivity contribution in [3.63, 3.8) is 0 Å². The van der Waals surface area contributed by atoms with Gasteiger partial charge in [-0.2, -0.15) is 0 Å². The van der Waals surface area contributed by atoms with Gasteiger partial charge in [-0.25, -0.2) is 9.78 Å². The molecule has 1 aromatic heterocycles. The first-order valence-electron chi connectivity index (χ1n) is 9.08. The van der Waals surface area contributed by atoms with E-state index in [1.165, 1.54) is 25.8 Å². The van der Waals surface area contributed by atoms with E-state index in [0.29, 0.717) is 16.6 Å². The van der Waals surface area contributed by atoms with Crippen molar-refractivity contribution in [3.05, 3.63) is 46.9 Å². The summed E-state index contributed by atoms with van der Waals surface area (Å²) < 4.78 is 0. The van der Waals surface area contributed by atoms with E-state index in [1.807, 2.05) is 12.1 Å². The molecule has 0 amide bonds. The Balaban J connectivity index is 0.000000298. The van der Waals surface area contributed by atoms with Gasteiger partial charge in [-0.15, -0.1) is 0 Å². The minimum Gasteiger partial charge on any atom is -0.476 e. The lowest BCUT2D eigenvalue weighted by molar-refractivity contribution is 0.0690. The van der Waals surface area contributed by atoms with E-state index in [1.54, 1.807) is 12.1 Å². The van der Waals surface area contributed by atoms with Crippen LogP contribution >= 0.6 is 11.6 Å². The van der Waals surface area contributed by atoms with Gasteiger partial charge < -0.3 is 10.0 Å². The molecule has 1 fully saturated rings. The molecule has 0 unspecified atom stereocenters. The molecule has 140 valence electrons. The molecule has 2 aromatic rings. The van der Waals surface area contributed by atoms with Crippen molar-refractivity contribution in [2.75, 3.05) is 19.6 Å². The van der Waals surface area contributed by atoms with Gasteiger partial charge in [0.25, 0.3) is 0 Å². The third-order valence-electron chi connectivity index (χ3n) is 4.42. The van der Waals surface area contributed by atoms with Crippen molar-refractivity contribution >= 4 is 17.6 Å². The Morgan fingerprint density at radius 1 is 1.23 bits per heavy atom. The highest BCUT2D eigenvalue weighted by atomic mass is 35.5. The molecule has 0 radical (unpaired) electrons.